The first-order valence-corrected chi connectivity index (χ1v) is 10.9. The normalized spacial score (nSPS) is 31.9. The van der Waals surface area contributed by atoms with Crippen molar-refractivity contribution in [3.63, 3.8) is 0 Å². The Hall–Kier alpha value is -2.04. The number of likely N-dealkylation sites (tertiary alicyclic amines) is 1. The van der Waals surface area contributed by atoms with Gasteiger partial charge in [-0.3, -0.25) is 9.59 Å². The molecule has 1 aromatic rings. The van der Waals surface area contributed by atoms with Gasteiger partial charge in [0.15, 0.2) is 0 Å². The molecule has 5 aliphatic rings. The van der Waals surface area contributed by atoms with Crippen molar-refractivity contribution in [1.82, 2.24) is 9.88 Å². The summed E-state index contributed by atoms with van der Waals surface area (Å²) in [6.07, 6.45) is 7.88. The van der Waals surface area contributed by atoms with E-state index in [0.717, 1.165) is 17.5 Å². The van der Waals surface area contributed by atoms with Crippen molar-refractivity contribution < 1.29 is 9.59 Å². The van der Waals surface area contributed by atoms with Crippen LogP contribution < -0.4 is 0 Å². The lowest BCUT2D eigenvalue weighted by molar-refractivity contribution is -0.122. The van der Waals surface area contributed by atoms with Crippen LogP contribution in [0.3, 0.4) is 0 Å². The maximum atomic E-state index is 12.9. The van der Waals surface area contributed by atoms with Crippen molar-refractivity contribution in [1.29, 1.82) is 0 Å². The summed E-state index contributed by atoms with van der Waals surface area (Å²) >= 11 is 0. The van der Waals surface area contributed by atoms with E-state index in [9.17, 15) is 9.59 Å². The summed E-state index contributed by atoms with van der Waals surface area (Å²) in [5.74, 6) is 2.95. The number of nitrogens with zero attached hydrogens (tertiary/aromatic N) is 3. The minimum Gasteiger partial charge on any atom is -0.337 e. The highest BCUT2D eigenvalue weighted by atomic mass is 16.2. The molecule has 1 saturated heterocycles. The molecule has 0 unspecified atom stereocenters. The van der Waals surface area contributed by atoms with Gasteiger partial charge in [0, 0.05) is 30.4 Å². The van der Waals surface area contributed by atoms with Crippen LogP contribution in [0.1, 0.15) is 61.1 Å². The zero-order valence-electron chi connectivity index (χ0n) is 16.6. The number of hydrogen-bond acceptors (Lipinski definition) is 3. The van der Waals surface area contributed by atoms with Crippen LogP contribution in [-0.4, -0.2) is 40.5 Å². The van der Waals surface area contributed by atoms with E-state index in [2.05, 4.69) is 4.98 Å². The van der Waals surface area contributed by atoms with Crippen LogP contribution in [0.4, 0.5) is 0 Å². The zero-order chi connectivity index (χ0) is 19.3. The lowest BCUT2D eigenvalue weighted by Gasteiger charge is -2.50. The molecule has 28 heavy (non-hydrogen) atoms. The number of carbonyl (C=O) groups is 2. The quantitative estimate of drug-likeness (QED) is 0.788. The average Bonchev–Trinajstić information content (AvgIpc) is 2.69. The van der Waals surface area contributed by atoms with Crippen LogP contribution >= 0.6 is 0 Å². The SMILES string of the molecule is Cc1cccc(C(=O)N2CCC(C(=O)N=C3C4CC5CC(C4)CC3C5)CC2)n1. The fourth-order valence-electron chi connectivity index (χ4n) is 6.22. The van der Waals surface area contributed by atoms with Crippen LogP contribution in [0.25, 0.3) is 0 Å². The molecule has 1 aliphatic heterocycles. The molecule has 0 N–H and O–H groups in total. The van der Waals surface area contributed by atoms with Gasteiger partial charge in [-0.15, -0.1) is 0 Å². The molecule has 4 saturated carbocycles. The Morgan fingerprint density at radius 1 is 1.00 bits per heavy atom. The van der Waals surface area contributed by atoms with Crippen molar-refractivity contribution in [3.8, 4) is 0 Å². The van der Waals surface area contributed by atoms with E-state index in [1.54, 1.807) is 6.07 Å². The molecule has 5 nitrogen and oxygen atoms in total. The topological polar surface area (TPSA) is 62.6 Å². The van der Waals surface area contributed by atoms with Gasteiger partial charge in [0.25, 0.3) is 5.91 Å². The molecule has 4 bridgehead atoms. The van der Waals surface area contributed by atoms with Gasteiger partial charge in [-0.05, 0) is 87.7 Å². The van der Waals surface area contributed by atoms with Crippen molar-refractivity contribution in [2.75, 3.05) is 13.1 Å². The Balaban J connectivity index is 1.21. The molecular weight excluding hydrogens is 350 g/mol. The van der Waals surface area contributed by atoms with Gasteiger partial charge in [0.05, 0.1) is 0 Å². The largest absolute Gasteiger partial charge is 0.337 e. The van der Waals surface area contributed by atoms with E-state index in [0.29, 0.717) is 43.5 Å². The Labute approximate surface area is 166 Å². The molecule has 148 valence electrons. The fraction of sp³-hybridized carbons (Fsp3) is 0.652. The Morgan fingerprint density at radius 3 is 2.25 bits per heavy atom. The molecule has 0 radical (unpaired) electrons. The third-order valence-corrected chi connectivity index (χ3v) is 7.45. The molecule has 0 aromatic carbocycles. The smallest absolute Gasteiger partial charge is 0.272 e. The maximum absolute atomic E-state index is 12.9. The van der Waals surface area contributed by atoms with Crippen molar-refractivity contribution in [2.45, 2.75) is 51.9 Å². The van der Waals surface area contributed by atoms with Crippen LogP contribution in [0.2, 0.25) is 0 Å². The highest BCUT2D eigenvalue weighted by molar-refractivity contribution is 6.00. The minimum absolute atomic E-state index is 0.0260. The van der Waals surface area contributed by atoms with E-state index >= 15 is 0 Å². The summed E-state index contributed by atoms with van der Waals surface area (Å²) in [7, 11) is 0. The predicted octanol–water partition coefficient (Wildman–Crippen LogP) is 3.67. The summed E-state index contributed by atoms with van der Waals surface area (Å²) < 4.78 is 0. The molecular formula is C23H29N3O2. The van der Waals surface area contributed by atoms with Crippen molar-refractivity contribution >= 4 is 17.5 Å². The van der Waals surface area contributed by atoms with E-state index < -0.39 is 0 Å². The summed E-state index contributed by atoms with van der Waals surface area (Å²) in [5.41, 5.74) is 2.58. The first-order valence-electron chi connectivity index (χ1n) is 10.9. The van der Waals surface area contributed by atoms with Gasteiger partial charge in [-0.25, -0.2) is 9.98 Å². The maximum Gasteiger partial charge on any atom is 0.272 e. The monoisotopic (exact) mass is 379 g/mol. The molecule has 2 amide bonds. The third kappa shape index (κ3) is 3.29. The summed E-state index contributed by atoms with van der Waals surface area (Å²) in [5, 5.41) is 0. The van der Waals surface area contributed by atoms with Gasteiger partial charge >= 0.3 is 0 Å². The van der Waals surface area contributed by atoms with Crippen molar-refractivity contribution in [3.05, 3.63) is 29.6 Å². The number of aryl methyl sites for hydroxylation is 1. The number of hydrogen-bond donors (Lipinski definition) is 0. The molecule has 2 heterocycles. The second-order valence-electron chi connectivity index (χ2n) is 9.41. The zero-order valence-corrected chi connectivity index (χ0v) is 16.6. The number of aliphatic imine (C=N–C) groups is 1. The Morgan fingerprint density at radius 2 is 1.64 bits per heavy atom. The third-order valence-electron chi connectivity index (χ3n) is 7.45. The van der Waals surface area contributed by atoms with Gasteiger partial charge < -0.3 is 4.90 Å². The Kier molecular flexibility index (Phi) is 4.56. The average molecular weight is 380 g/mol. The number of aromatic nitrogens is 1. The lowest BCUT2D eigenvalue weighted by Crippen LogP contribution is -2.46. The molecule has 5 heteroatoms. The number of carbonyl (C=O) groups excluding carboxylic acids is 2. The first kappa shape index (κ1) is 18.0. The second-order valence-corrected chi connectivity index (χ2v) is 9.41. The van der Waals surface area contributed by atoms with Crippen LogP contribution in [0.5, 0.6) is 0 Å². The van der Waals surface area contributed by atoms with Gasteiger partial charge in [-0.2, -0.15) is 0 Å². The number of amides is 2. The Bertz CT molecular complexity index is 793. The highest BCUT2D eigenvalue weighted by Gasteiger charge is 2.46. The number of rotatable bonds is 2. The molecule has 0 spiro atoms. The van der Waals surface area contributed by atoms with E-state index in [-0.39, 0.29) is 17.7 Å². The van der Waals surface area contributed by atoms with Crippen LogP contribution in [0.15, 0.2) is 23.2 Å². The molecule has 1 aromatic heterocycles. The number of piperidine rings is 1. The van der Waals surface area contributed by atoms with Crippen LogP contribution in [0, 0.1) is 36.5 Å². The van der Waals surface area contributed by atoms with Gasteiger partial charge in [0.1, 0.15) is 5.69 Å². The molecule has 6 rings (SSSR count). The molecule has 4 aliphatic carbocycles. The predicted molar refractivity (Wildman–Crippen MR) is 107 cm³/mol. The lowest BCUT2D eigenvalue weighted by atomic mass is 9.55. The standard InChI is InChI=1S/C23H29N3O2/c1-14-3-2-4-20(24-14)23(28)26-7-5-17(6-8-26)22(27)25-21-18-10-15-9-16(12-18)13-19(21)11-15/h2-4,15-19H,5-13H2,1H3. The summed E-state index contributed by atoms with van der Waals surface area (Å²) in [6, 6.07) is 5.53. The van der Waals surface area contributed by atoms with Crippen molar-refractivity contribution in [2.24, 2.45) is 34.6 Å². The molecule has 5 fully saturated rings. The van der Waals surface area contributed by atoms with Gasteiger partial charge in [0.2, 0.25) is 5.91 Å². The first-order chi connectivity index (χ1) is 13.6. The highest BCUT2D eigenvalue weighted by Crippen LogP contribution is 2.52. The van der Waals surface area contributed by atoms with E-state index in [4.69, 9.17) is 4.99 Å². The second kappa shape index (κ2) is 7.09. The minimum atomic E-state index is -0.0285. The van der Waals surface area contributed by atoms with E-state index in [1.807, 2.05) is 24.0 Å². The summed E-state index contributed by atoms with van der Waals surface area (Å²) in [6.45, 7) is 3.13. The van der Waals surface area contributed by atoms with E-state index in [1.165, 1.54) is 37.8 Å². The number of pyridine rings is 1. The fourth-order valence-corrected chi connectivity index (χ4v) is 6.22. The van der Waals surface area contributed by atoms with Crippen LogP contribution in [-0.2, 0) is 4.79 Å². The molecule has 0 atom stereocenters. The summed E-state index contributed by atoms with van der Waals surface area (Å²) in [4.78, 5) is 36.4. The van der Waals surface area contributed by atoms with Gasteiger partial charge in [-0.1, -0.05) is 6.07 Å².